The normalized spacial score (nSPS) is 16.9. The van der Waals surface area contributed by atoms with Gasteiger partial charge in [0.15, 0.2) is 9.84 Å². The Morgan fingerprint density at radius 1 is 1.06 bits per heavy atom. The predicted octanol–water partition coefficient (Wildman–Crippen LogP) is 2.71. The van der Waals surface area contributed by atoms with E-state index in [9.17, 15) is 18.0 Å². The number of rotatable bonds is 5. The number of piperazine rings is 1. The molecule has 0 unspecified atom stereocenters. The number of amides is 2. The third-order valence-corrected chi connectivity index (χ3v) is 8.35. The summed E-state index contributed by atoms with van der Waals surface area (Å²) < 4.78 is 27.3. The van der Waals surface area contributed by atoms with Gasteiger partial charge in [-0.2, -0.15) is 0 Å². The number of hydrogen-bond donors (Lipinski definition) is 0. The third-order valence-electron chi connectivity index (χ3n) is 6.40. The Kier molecular flexibility index (Phi) is 5.83. The lowest BCUT2D eigenvalue weighted by atomic mass is 10.1. The van der Waals surface area contributed by atoms with Gasteiger partial charge in [-0.25, -0.2) is 27.8 Å². The van der Waals surface area contributed by atoms with E-state index in [1.54, 1.807) is 64.0 Å². The molecule has 11 heteroatoms. The van der Waals surface area contributed by atoms with E-state index in [2.05, 4.69) is 4.98 Å². The Morgan fingerprint density at radius 2 is 1.76 bits per heavy atom. The van der Waals surface area contributed by atoms with Crippen LogP contribution in [0, 0.1) is 6.92 Å². The number of halogens is 1. The van der Waals surface area contributed by atoms with Gasteiger partial charge in [-0.15, -0.1) is 0 Å². The standard InChI is InChI=1S/C23H24ClN5O4S/c1-16-25-14-20-15-28(23(31)29(16)20)27-9-7-26(8-10-27)22(30)6-11-34(32,33)21-5-3-17-12-19(24)4-2-18(17)13-21/h2-5,12-14H,6-11,15H2,1H3. The van der Waals surface area contributed by atoms with Crippen molar-refractivity contribution in [2.75, 3.05) is 31.9 Å². The van der Waals surface area contributed by atoms with Crippen molar-refractivity contribution in [3.05, 3.63) is 59.1 Å². The second kappa shape index (κ2) is 8.68. The van der Waals surface area contributed by atoms with E-state index >= 15 is 0 Å². The highest BCUT2D eigenvalue weighted by molar-refractivity contribution is 7.91. The predicted molar refractivity (Wildman–Crippen MR) is 127 cm³/mol. The van der Waals surface area contributed by atoms with Gasteiger partial charge in [0.25, 0.3) is 0 Å². The number of aryl methyl sites for hydroxylation is 1. The number of aromatic nitrogens is 2. The molecule has 3 aromatic rings. The highest BCUT2D eigenvalue weighted by Crippen LogP contribution is 2.24. The summed E-state index contributed by atoms with van der Waals surface area (Å²) >= 11 is 6.00. The first-order valence-electron chi connectivity index (χ1n) is 11.0. The number of carbonyl (C=O) groups excluding carboxylic acids is 2. The van der Waals surface area contributed by atoms with Crippen molar-refractivity contribution >= 4 is 44.1 Å². The van der Waals surface area contributed by atoms with E-state index in [1.807, 2.05) is 5.01 Å². The first kappa shape index (κ1) is 22.8. The summed E-state index contributed by atoms with van der Waals surface area (Å²) in [5, 5.41) is 5.85. The largest absolute Gasteiger partial charge is 0.344 e. The van der Waals surface area contributed by atoms with E-state index in [4.69, 9.17) is 11.6 Å². The number of nitrogens with zero attached hydrogens (tertiary/aromatic N) is 5. The van der Waals surface area contributed by atoms with Crippen LogP contribution in [0.2, 0.25) is 5.02 Å². The summed E-state index contributed by atoms with van der Waals surface area (Å²) in [6.07, 6.45) is 1.62. The zero-order valence-corrected chi connectivity index (χ0v) is 20.2. The first-order valence-corrected chi connectivity index (χ1v) is 13.1. The molecule has 0 bridgehead atoms. The second-order valence-electron chi connectivity index (χ2n) is 8.53. The molecule has 1 aromatic heterocycles. The maximum atomic E-state index is 12.8. The van der Waals surface area contributed by atoms with Gasteiger partial charge in [-0.05, 0) is 42.0 Å². The van der Waals surface area contributed by atoms with Gasteiger partial charge in [-0.3, -0.25) is 9.80 Å². The fourth-order valence-corrected chi connectivity index (χ4v) is 5.94. The minimum Gasteiger partial charge on any atom is -0.340 e. The van der Waals surface area contributed by atoms with Gasteiger partial charge >= 0.3 is 6.03 Å². The van der Waals surface area contributed by atoms with Crippen LogP contribution in [-0.4, -0.2) is 76.8 Å². The fourth-order valence-electron chi connectivity index (χ4n) is 4.49. The molecule has 0 N–H and O–H groups in total. The summed E-state index contributed by atoms with van der Waals surface area (Å²) in [5.41, 5.74) is 0.850. The highest BCUT2D eigenvalue weighted by Gasteiger charge is 2.35. The van der Waals surface area contributed by atoms with Gasteiger partial charge in [0.1, 0.15) is 5.82 Å². The Morgan fingerprint density at radius 3 is 2.50 bits per heavy atom. The Balaban J connectivity index is 1.17. The van der Waals surface area contributed by atoms with Crippen LogP contribution in [0.4, 0.5) is 4.79 Å². The number of imidazole rings is 1. The van der Waals surface area contributed by atoms with Crippen molar-refractivity contribution in [2.24, 2.45) is 0 Å². The van der Waals surface area contributed by atoms with Crippen molar-refractivity contribution in [3.63, 3.8) is 0 Å². The minimum absolute atomic E-state index is 0.0834. The van der Waals surface area contributed by atoms with Crippen molar-refractivity contribution in [1.29, 1.82) is 0 Å². The number of benzene rings is 2. The molecule has 0 saturated carbocycles. The van der Waals surface area contributed by atoms with Crippen molar-refractivity contribution < 1.29 is 18.0 Å². The van der Waals surface area contributed by atoms with Gasteiger partial charge in [0, 0.05) is 37.6 Å². The van der Waals surface area contributed by atoms with Gasteiger partial charge in [0.2, 0.25) is 5.91 Å². The third kappa shape index (κ3) is 4.17. The van der Waals surface area contributed by atoms with E-state index in [1.165, 1.54) is 0 Å². The summed E-state index contributed by atoms with van der Waals surface area (Å²) in [6, 6.07) is 10.0. The molecular formula is C23H24ClN5O4S. The van der Waals surface area contributed by atoms with Crippen molar-refractivity contribution in [1.82, 2.24) is 24.5 Å². The van der Waals surface area contributed by atoms with Crippen LogP contribution in [0.3, 0.4) is 0 Å². The average Bonchev–Trinajstić information content (AvgIpc) is 3.36. The monoisotopic (exact) mass is 501 g/mol. The lowest BCUT2D eigenvalue weighted by molar-refractivity contribution is -0.134. The van der Waals surface area contributed by atoms with Gasteiger partial charge in [0.05, 0.1) is 29.1 Å². The molecule has 34 heavy (non-hydrogen) atoms. The number of fused-ring (bicyclic) bond motifs is 2. The lowest BCUT2D eigenvalue weighted by Crippen LogP contribution is -2.55. The minimum atomic E-state index is -3.61. The second-order valence-corrected chi connectivity index (χ2v) is 11.1. The molecule has 3 heterocycles. The van der Waals surface area contributed by atoms with Gasteiger partial charge in [-0.1, -0.05) is 23.7 Å². The molecule has 0 radical (unpaired) electrons. The molecule has 2 aliphatic heterocycles. The molecule has 0 atom stereocenters. The van der Waals surface area contributed by atoms with E-state index in [0.717, 1.165) is 16.5 Å². The average molecular weight is 502 g/mol. The molecule has 0 spiro atoms. The lowest BCUT2D eigenvalue weighted by Gasteiger charge is -2.38. The van der Waals surface area contributed by atoms with E-state index in [-0.39, 0.29) is 29.0 Å². The summed E-state index contributed by atoms with van der Waals surface area (Å²) in [4.78, 5) is 31.5. The molecule has 178 valence electrons. The SMILES string of the molecule is Cc1ncc2n1C(=O)N(N1CCN(C(=O)CCS(=O)(=O)c3ccc4cc(Cl)ccc4c3)CC1)C2. The zero-order chi connectivity index (χ0) is 24.0. The topological polar surface area (TPSA) is 95.8 Å². The van der Waals surface area contributed by atoms with E-state index in [0.29, 0.717) is 43.6 Å². The number of hydrazine groups is 1. The Bertz CT molecular complexity index is 1400. The fraction of sp³-hybridized carbons (Fsp3) is 0.348. The zero-order valence-electron chi connectivity index (χ0n) is 18.6. The Hall–Kier alpha value is -2.95. The van der Waals surface area contributed by atoms with Crippen LogP contribution >= 0.6 is 11.6 Å². The number of hydrogen-bond acceptors (Lipinski definition) is 6. The molecule has 9 nitrogen and oxygen atoms in total. The molecule has 2 aliphatic rings. The number of sulfone groups is 1. The molecule has 2 amide bonds. The van der Waals surface area contributed by atoms with Crippen molar-refractivity contribution in [3.8, 4) is 0 Å². The summed E-state index contributed by atoms with van der Waals surface area (Å²) in [5.74, 6) is 0.208. The molecule has 0 aliphatic carbocycles. The van der Waals surface area contributed by atoms with Crippen LogP contribution in [-0.2, 0) is 21.2 Å². The van der Waals surface area contributed by atoms with Crippen LogP contribution in [0.15, 0.2) is 47.5 Å². The maximum absolute atomic E-state index is 12.8. The highest BCUT2D eigenvalue weighted by atomic mass is 35.5. The first-order chi connectivity index (χ1) is 16.2. The molecule has 1 fully saturated rings. The summed E-state index contributed by atoms with van der Waals surface area (Å²) in [7, 11) is -3.61. The van der Waals surface area contributed by atoms with Crippen molar-refractivity contribution in [2.45, 2.75) is 24.8 Å². The smallest absolute Gasteiger partial charge is 0.340 e. The number of carbonyl (C=O) groups is 2. The van der Waals surface area contributed by atoms with Gasteiger partial charge < -0.3 is 4.90 Å². The molecule has 2 aromatic carbocycles. The summed E-state index contributed by atoms with van der Waals surface area (Å²) in [6.45, 7) is 4.15. The molecule has 1 saturated heterocycles. The molecule has 5 rings (SSSR count). The van der Waals surface area contributed by atoms with Crippen LogP contribution in [0.25, 0.3) is 10.8 Å². The van der Waals surface area contributed by atoms with E-state index < -0.39 is 9.84 Å². The van der Waals surface area contributed by atoms with Crippen LogP contribution < -0.4 is 0 Å². The van der Waals surface area contributed by atoms with Crippen LogP contribution in [0.5, 0.6) is 0 Å². The van der Waals surface area contributed by atoms with Crippen LogP contribution in [0.1, 0.15) is 17.9 Å². The Labute approximate surface area is 202 Å². The molecular weight excluding hydrogens is 478 g/mol. The maximum Gasteiger partial charge on any atom is 0.344 e. The quantitative estimate of drug-likeness (QED) is 0.533.